The molecule has 1 aliphatic carbocycles. The highest BCUT2D eigenvalue weighted by molar-refractivity contribution is 5.98. The van der Waals surface area contributed by atoms with Crippen molar-refractivity contribution in [2.75, 3.05) is 18.6 Å². The largest absolute Gasteiger partial charge is 0.462 e. The molecule has 6 rings (SSSR count). The lowest BCUT2D eigenvalue weighted by atomic mass is 10.1. The molecule has 37 heavy (non-hydrogen) atoms. The highest BCUT2D eigenvalue weighted by Gasteiger charge is 2.58. The van der Waals surface area contributed by atoms with Gasteiger partial charge in [0, 0.05) is 49.4 Å². The summed E-state index contributed by atoms with van der Waals surface area (Å²) in [6, 6.07) is 14.5. The summed E-state index contributed by atoms with van der Waals surface area (Å²) in [4.78, 5) is 23.9. The first-order valence-corrected chi connectivity index (χ1v) is 12.0. The number of aromatic nitrogens is 5. The van der Waals surface area contributed by atoms with Crippen LogP contribution in [-0.4, -0.2) is 49.7 Å². The molecular formula is C27H24F2N6O2. The number of anilines is 1. The Morgan fingerprint density at radius 1 is 1.19 bits per heavy atom. The molecule has 4 heterocycles. The summed E-state index contributed by atoms with van der Waals surface area (Å²) in [5.74, 6) is -2.61. The van der Waals surface area contributed by atoms with Crippen LogP contribution in [0.3, 0.4) is 0 Å². The molecule has 1 aliphatic rings. The van der Waals surface area contributed by atoms with Crippen molar-refractivity contribution < 1.29 is 18.3 Å². The van der Waals surface area contributed by atoms with Gasteiger partial charge in [-0.2, -0.15) is 9.61 Å². The van der Waals surface area contributed by atoms with E-state index < -0.39 is 17.9 Å². The first kappa shape index (κ1) is 23.1. The van der Waals surface area contributed by atoms with Crippen LogP contribution in [0.4, 0.5) is 14.6 Å². The predicted octanol–water partition coefficient (Wildman–Crippen LogP) is 5.14. The van der Waals surface area contributed by atoms with Crippen LogP contribution in [0.2, 0.25) is 0 Å². The zero-order valence-corrected chi connectivity index (χ0v) is 20.3. The van der Waals surface area contributed by atoms with E-state index in [0.717, 1.165) is 5.56 Å². The molecule has 1 aromatic carbocycles. The summed E-state index contributed by atoms with van der Waals surface area (Å²) in [7, 11) is 1.92. The molecule has 0 aliphatic heterocycles. The van der Waals surface area contributed by atoms with Gasteiger partial charge in [-0.15, -0.1) is 0 Å². The SMILES string of the molecule is CCOC(=O)c1cnn2c(N(C)Cc3ccccc3)cc(-c3cn(C4CC4(F)F)c4ncccc34)nc12. The number of hydrogen-bond donors (Lipinski definition) is 0. The van der Waals surface area contributed by atoms with Gasteiger partial charge in [-0.05, 0) is 24.6 Å². The maximum atomic E-state index is 14.0. The Labute approximate surface area is 211 Å². The molecule has 1 unspecified atom stereocenters. The van der Waals surface area contributed by atoms with Crippen molar-refractivity contribution in [3.63, 3.8) is 0 Å². The fraction of sp³-hybridized carbons (Fsp3) is 0.259. The highest BCUT2D eigenvalue weighted by Crippen LogP contribution is 2.54. The smallest absolute Gasteiger partial charge is 0.343 e. The third-order valence-corrected chi connectivity index (χ3v) is 6.60. The van der Waals surface area contributed by atoms with Gasteiger partial charge in [0.15, 0.2) is 5.65 Å². The number of carbonyl (C=O) groups excluding carboxylic acids is 1. The minimum absolute atomic E-state index is 0.214. The van der Waals surface area contributed by atoms with Crippen molar-refractivity contribution in [2.45, 2.75) is 31.9 Å². The lowest BCUT2D eigenvalue weighted by Crippen LogP contribution is -2.20. The summed E-state index contributed by atoms with van der Waals surface area (Å²) in [6.07, 6.45) is 4.50. The molecule has 1 fully saturated rings. The van der Waals surface area contributed by atoms with Crippen molar-refractivity contribution in [1.82, 2.24) is 24.1 Å². The second-order valence-electron chi connectivity index (χ2n) is 9.16. The van der Waals surface area contributed by atoms with Gasteiger partial charge in [-0.3, -0.25) is 0 Å². The van der Waals surface area contributed by atoms with Crippen LogP contribution in [0.5, 0.6) is 0 Å². The number of carbonyl (C=O) groups is 1. The van der Waals surface area contributed by atoms with Crippen molar-refractivity contribution in [3.8, 4) is 11.3 Å². The maximum absolute atomic E-state index is 14.0. The fourth-order valence-electron chi connectivity index (χ4n) is 4.67. The maximum Gasteiger partial charge on any atom is 0.343 e. The minimum Gasteiger partial charge on any atom is -0.462 e. The number of nitrogens with zero attached hydrogens (tertiary/aromatic N) is 6. The van der Waals surface area contributed by atoms with Gasteiger partial charge in [0.25, 0.3) is 5.92 Å². The first-order chi connectivity index (χ1) is 17.9. The molecule has 4 aromatic heterocycles. The zero-order valence-electron chi connectivity index (χ0n) is 20.3. The van der Waals surface area contributed by atoms with Crippen LogP contribution in [0.1, 0.15) is 35.3 Å². The van der Waals surface area contributed by atoms with Gasteiger partial charge in [-0.25, -0.2) is 23.5 Å². The van der Waals surface area contributed by atoms with E-state index in [-0.39, 0.29) is 18.6 Å². The Balaban J connectivity index is 1.54. The summed E-state index contributed by atoms with van der Waals surface area (Å²) in [5, 5.41) is 5.14. The number of alkyl halides is 2. The number of fused-ring (bicyclic) bond motifs is 2. The van der Waals surface area contributed by atoms with Gasteiger partial charge in [0.1, 0.15) is 23.1 Å². The topological polar surface area (TPSA) is 77.5 Å². The van der Waals surface area contributed by atoms with E-state index in [1.165, 1.54) is 10.8 Å². The number of hydrogen-bond acceptors (Lipinski definition) is 6. The molecule has 0 bridgehead atoms. The third kappa shape index (κ3) is 3.98. The summed E-state index contributed by atoms with van der Waals surface area (Å²) in [5.41, 5.74) is 3.29. The van der Waals surface area contributed by atoms with Gasteiger partial charge in [-0.1, -0.05) is 30.3 Å². The van der Waals surface area contributed by atoms with Crippen molar-refractivity contribution in [1.29, 1.82) is 0 Å². The molecule has 188 valence electrons. The standard InChI is InChI=1S/C27H24F2N6O2/c1-3-37-26(36)19-14-31-35-23(33(2)15-17-8-5-4-6-9-17)12-21(32-25(19)35)20-16-34(22-13-27(22,28)29)24-18(20)10-7-11-30-24/h4-12,14,16,22H,3,13,15H2,1-2H3. The fourth-order valence-corrected chi connectivity index (χ4v) is 4.67. The molecule has 0 radical (unpaired) electrons. The number of ether oxygens (including phenoxy) is 1. The van der Waals surface area contributed by atoms with Crippen LogP contribution in [-0.2, 0) is 11.3 Å². The molecule has 0 N–H and O–H groups in total. The number of esters is 1. The van der Waals surface area contributed by atoms with E-state index in [1.54, 1.807) is 29.9 Å². The summed E-state index contributed by atoms with van der Waals surface area (Å²) in [6.45, 7) is 2.52. The lowest BCUT2D eigenvalue weighted by Gasteiger charge is -2.21. The van der Waals surface area contributed by atoms with Crippen molar-refractivity contribution >= 4 is 28.5 Å². The third-order valence-electron chi connectivity index (χ3n) is 6.60. The monoisotopic (exact) mass is 502 g/mol. The van der Waals surface area contributed by atoms with E-state index in [4.69, 9.17) is 9.72 Å². The van der Waals surface area contributed by atoms with Crippen LogP contribution < -0.4 is 4.90 Å². The normalized spacial score (nSPS) is 16.3. The van der Waals surface area contributed by atoms with E-state index in [2.05, 4.69) is 10.1 Å². The van der Waals surface area contributed by atoms with Crippen LogP contribution in [0.25, 0.3) is 27.9 Å². The number of benzene rings is 1. The predicted molar refractivity (Wildman–Crippen MR) is 135 cm³/mol. The average Bonchev–Trinajstić information content (AvgIpc) is 3.22. The molecule has 1 atom stereocenters. The van der Waals surface area contributed by atoms with Gasteiger partial charge < -0.3 is 14.2 Å². The van der Waals surface area contributed by atoms with E-state index in [1.807, 2.05) is 54.4 Å². The van der Waals surface area contributed by atoms with Crippen molar-refractivity contribution in [2.24, 2.45) is 0 Å². The van der Waals surface area contributed by atoms with Crippen LogP contribution >= 0.6 is 0 Å². The quantitative estimate of drug-likeness (QED) is 0.287. The molecule has 5 aromatic rings. The Bertz CT molecular complexity index is 1630. The molecular weight excluding hydrogens is 478 g/mol. The molecule has 1 saturated carbocycles. The molecule has 10 heteroatoms. The minimum atomic E-state index is -2.76. The Morgan fingerprint density at radius 3 is 2.70 bits per heavy atom. The first-order valence-electron chi connectivity index (χ1n) is 12.0. The Morgan fingerprint density at radius 2 is 1.97 bits per heavy atom. The summed E-state index contributed by atoms with van der Waals surface area (Å²) >= 11 is 0. The Kier molecular flexibility index (Phi) is 5.40. The summed E-state index contributed by atoms with van der Waals surface area (Å²) < 4.78 is 36.5. The molecule has 8 nitrogen and oxygen atoms in total. The Hall–Kier alpha value is -4.34. The van der Waals surface area contributed by atoms with Gasteiger partial charge in [0.2, 0.25) is 0 Å². The second kappa shape index (κ2) is 8.65. The van der Waals surface area contributed by atoms with Gasteiger partial charge >= 0.3 is 5.97 Å². The highest BCUT2D eigenvalue weighted by atomic mass is 19.3. The molecule has 0 amide bonds. The lowest BCUT2D eigenvalue weighted by molar-refractivity contribution is 0.0528. The zero-order chi connectivity index (χ0) is 25.7. The van der Waals surface area contributed by atoms with E-state index in [0.29, 0.717) is 40.3 Å². The number of pyridine rings is 1. The molecule has 0 saturated heterocycles. The van der Waals surface area contributed by atoms with Gasteiger partial charge in [0.05, 0.1) is 18.5 Å². The molecule has 0 spiro atoms. The second-order valence-corrected chi connectivity index (χ2v) is 9.16. The number of halogens is 2. The van der Waals surface area contributed by atoms with Crippen LogP contribution in [0.15, 0.2) is 67.1 Å². The number of rotatable bonds is 7. The van der Waals surface area contributed by atoms with Crippen LogP contribution in [0, 0.1) is 0 Å². The average molecular weight is 503 g/mol. The van der Waals surface area contributed by atoms with Crippen molar-refractivity contribution in [3.05, 3.63) is 78.2 Å². The van der Waals surface area contributed by atoms with E-state index in [9.17, 15) is 13.6 Å². The van der Waals surface area contributed by atoms with E-state index >= 15 is 0 Å².